The molecule has 0 bridgehead atoms. The average Bonchev–Trinajstić information content (AvgIpc) is 2.37. The van der Waals surface area contributed by atoms with Gasteiger partial charge in [-0.25, -0.2) is 0 Å². The van der Waals surface area contributed by atoms with Crippen LogP contribution < -0.4 is 4.62 Å². The van der Waals surface area contributed by atoms with Gasteiger partial charge < -0.3 is 0 Å². The minimum atomic E-state index is 0.0818. The van der Waals surface area contributed by atoms with Crippen molar-refractivity contribution in [3.8, 4) is 0 Å². The third kappa shape index (κ3) is 2.31. The SMILES string of the molecule is CC(C)P(c1cccs1)C(C)C. The summed E-state index contributed by atoms with van der Waals surface area (Å²) in [5, 5.41) is 2.19. The molecule has 68 valence electrons. The van der Waals surface area contributed by atoms with Gasteiger partial charge in [-0.15, -0.1) is 11.3 Å². The second-order valence-electron chi connectivity index (χ2n) is 3.55. The number of hydrogen-bond donors (Lipinski definition) is 0. The normalized spacial score (nSPS) is 11.9. The average molecular weight is 200 g/mol. The lowest BCUT2D eigenvalue weighted by molar-refractivity contribution is 1.02. The Balaban J connectivity index is 2.81. The lowest BCUT2D eigenvalue weighted by Crippen LogP contribution is -2.11. The summed E-state index contributed by atoms with van der Waals surface area (Å²) in [5.41, 5.74) is 1.64. The minimum absolute atomic E-state index is 0.0818. The van der Waals surface area contributed by atoms with Crippen molar-refractivity contribution in [1.82, 2.24) is 0 Å². The summed E-state index contributed by atoms with van der Waals surface area (Å²) >= 11 is 1.92. The molecule has 1 rings (SSSR count). The van der Waals surface area contributed by atoms with E-state index in [0.717, 1.165) is 11.3 Å². The molecule has 1 aromatic heterocycles. The van der Waals surface area contributed by atoms with Crippen LogP contribution in [-0.2, 0) is 0 Å². The number of thiophene rings is 1. The standard InChI is InChI=1S/C10H17PS/c1-8(2)11(9(3)4)10-6-5-7-12-10/h5-9H,1-4H3. The second kappa shape index (κ2) is 4.39. The quantitative estimate of drug-likeness (QED) is 0.653. The lowest BCUT2D eigenvalue weighted by Gasteiger charge is -2.24. The molecule has 0 nitrogen and oxygen atoms in total. The van der Waals surface area contributed by atoms with E-state index < -0.39 is 0 Å². The molecule has 0 atom stereocenters. The van der Waals surface area contributed by atoms with E-state index in [1.165, 1.54) is 0 Å². The summed E-state index contributed by atoms with van der Waals surface area (Å²) in [5.74, 6) is 0. The first-order valence-electron chi connectivity index (χ1n) is 4.44. The van der Waals surface area contributed by atoms with Crippen LogP contribution in [-0.4, -0.2) is 11.3 Å². The predicted octanol–water partition coefficient (Wildman–Crippen LogP) is 3.67. The molecule has 0 spiro atoms. The Hall–Kier alpha value is 0.130. The van der Waals surface area contributed by atoms with Gasteiger partial charge >= 0.3 is 0 Å². The molecule has 0 fully saturated rings. The van der Waals surface area contributed by atoms with Gasteiger partial charge in [0.25, 0.3) is 0 Å². The van der Waals surface area contributed by atoms with E-state index in [2.05, 4.69) is 45.2 Å². The van der Waals surface area contributed by atoms with Crippen LogP contribution in [0.25, 0.3) is 0 Å². The van der Waals surface area contributed by atoms with Crippen molar-refractivity contribution in [2.45, 2.75) is 39.0 Å². The van der Waals surface area contributed by atoms with Gasteiger partial charge in [-0.1, -0.05) is 41.7 Å². The van der Waals surface area contributed by atoms with E-state index in [0.29, 0.717) is 0 Å². The Bertz CT molecular complexity index is 206. The molecule has 0 aliphatic carbocycles. The first-order valence-corrected chi connectivity index (χ1v) is 6.80. The third-order valence-electron chi connectivity index (χ3n) is 1.87. The van der Waals surface area contributed by atoms with E-state index in [9.17, 15) is 0 Å². The van der Waals surface area contributed by atoms with Crippen LogP contribution in [0.3, 0.4) is 0 Å². The fourth-order valence-corrected chi connectivity index (χ4v) is 6.38. The molecular formula is C10H17PS. The highest BCUT2D eigenvalue weighted by atomic mass is 32.1. The molecule has 2 heteroatoms. The van der Waals surface area contributed by atoms with Crippen molar-refractivity contribution < 1.29 is 0 Å². The van der Waals surface area contributed by atoms with Crippen LogP contribution >= 0.6 is 19.3 Å². The maximum atomic E-state index is 2.34. The van der Waals surface area contributed by atoms with Crippen molar-refractivity contribution in [3.05, 3.63) is 17.5 Å². The highest BCUT2D eigenvalue weighted by molar-refractivity contribution is 7.72. The molecular weight excluding hydrogens is 183 g/mol. The van der Waals surface area contributed by atoms with Gasteiger partial charge in [-0.05, 0) is 22.8 Å². The van der Waals surface area contributed by atoms with E-state index in [-0.39, 0.29) is 7.92 Å². The zero-order valence-electron chi connectivity index (χ0n) is 8.24. The molecule has 0 saturated carbocycles. The smallest absolute Gasteiger partial charge is 0.0283 e. The van der Waals surface area contributed by atoms with E-state index in [1.54, 1.807) is 4.62 Å². The summed E-state index contributed by atoms with van der Waals surface area (Å²) < 4.78 is 1.61. The Morgan fingerprint density at radius 2 is 1.75 bits per heavy atom. The molecule has 0 amide bonds. The maximum Gasteiger partial charge on any atom is 0.0283 e. The van der Waals surface area contributed by atoms with Crippen molar-refractivity contribution in [1.29, 1.82) is 0 Å². The molecule has 0 unspecified atom stereocenters. The molecule has 0 aromatic carbocycles. The molecule has 1 aromatic rings. The molecule has 12 heavy (non-hydrogen) atoms. The predicted molar refractivity (Wildman–Crippen MR) is 61.1 cm³/mol. The van der Waals surface area contributed by atoms with Crippen molar-refractivity contribution >= 4 is 23.9 Å². The van der Waals surface area contributed by atoms with Gasteiger partial charge in [-0.3, -0.25) is 0 Å². The number of rotatable bonds is 3. The van der Waals surface area contributed by atoms with Crippen LogP contribution in [0.2, 0.25) is 0 Å². The maximum absolute atomic E-state index is 2.34. The summed E-state index contributed by atoms with van der Waals surface area (Å²) in [7, 11) is 0.0818. The zero-order valence-corrected chi connectivity index (χ0v) is 9.95. The van der Waals surface area contributed by atoms with Crippen LogP contribution in [0.1, 0.15) is 27.7 Å². The van der Waals surface area contributed by atoms with Crippen molar-refractivity contribution in [2.75, 3.05) is 0 Å². The van der Waals surface area contributed by atoms with E-state index >= 15 is 0 Å². The monoisotopic (exact) mass is 200 g/mol. The van der Waals surface area contributed by atoms with E-state index in [4.69, 9.17) is 0 Å². The second-order valence-corrected chi connectivity index (χ2v) is 8.16. The van der Waals surface area contributed by atoms with Gasteiger partial charge in [0.15, 0.2) is 0 Å². The fraction of sp³-hybridized carbons (Fsp3) is 0.600. The molecule has 0 aliphatic heterocycles. The van der Waals surface area contributed by atoms with Crippen molar-refractivity contribution in [2.24, 2.45) is 0 Å². The topological polar surface area (TPSA) is 0 Å². The van der Waals surface area contributed by atoms with Gasteiger partial charge in [0.05, 0.1) is 0 Å². The fourth-order valence-electron chi connectivity index (χ4n) is 1.52. The molecule has 0 saturated heterocycles. The highest BCUT2D eigenvalue weighted by Crippen LogP contribution is 2.45. The van der Waals surface area contributed by atoms with Crippen LogP contribution in [0.5, 0.6) is 0 Å². The first-order chi connectivity index (χ1) is 5.63. The largest absolute Gasteiger partial charge is 0.144 e. The molecule has 0 aliphatic rings. The Labute approximate surface area is 80.8 Å². The third-order valence-corrected chi connectivity index (χ3v) is 6.38. The summed E-state index contributed by atoms with van der Waals surface area (Å²) in [4.78, 5) is 0. The summed E-state index contributed by atoms with van der Waals surface area (Å²) in [6, 6.07) is 4.45. The first kappa shape index (κ1) is 10.2. The number of hydrogen-bond acceptors (Lipinski definition) is 1. The lowest BCUT2D eigenvalue weighted by atomic mass is 10.5. The van der Waals surface area contributed by atoms with Gasteiger partial charge in [0.1, 0.15) is 0 Å². The zero-order chi connectivity index (χ0) is 9.14. The minimum Gasteiger partial charge on any atom is -0.144 e. The van der Waals surface area contributed by atoms with E-state index in [1.807, 2.05) is 11.3 Å². The van der Waals surface area contributed by atoms with Crippen LogP contribution in [0.4, 0.5) is 0 Å². The summed E-state index contributed by atoms with van der Waals surface area (Å²) in [6.45, 7) is 9.35. The Morgan fingerprint density at radius 3 is 2.08 bits per heavy atom. The van der Waals surface area contributed by atoms with Gasteiger partial charge in [-0.2, -0.15) is 0 Å². The van der Waals surface area contributed by atoms with Crippen LogP contribution in [0, 0.1) is 0 Å². The molecule has 1 heterocycles. The summed E-state index contributed by atoms with van der Waals surface area (Å²) in [6.07, 6.45) is 0. The molecule has 0 radical (unpaired) electrons. The van der Waals surface area contributed by atoms with Gasteiger partial charge in [0, 0.05) is 4.62 Å². The van der Waals surface area contributed by atoms with Crippen LogP contribution in [0.15, 0.2) is 17.5 Å². The Kier molecular flexibility index (Phi) is 3.74. The highest BCUT2D eigenvalue weighted by Gasteiger charge is 2.19. The molecule has 0 N–H and O–H groups in total. The van der Waals surface area contributed by atoms with Gasteiger partial charge in [0.2, 0.25) is 0 Å². The van der Waals surface area contributed by atoms with Crippen molar-refractivity contribution in [3.63, 3.8) is 0 Å². The Morgan fingerprint density at radius 1 is 1.17 bits per heavy atom.